The summed E-state index contributed by atoms with van der Waals surface area (Å²) in [6.07, 6.45) is 44.7. The van der Waals surface area contributed by atoms with Gasteiger partial charge in [0.05, 0.1) is 5.41 Å². The molecule has 0 radical (unpaired) electrons. The highest BCUT2D eigenvalue weighted by Gasteiger charge is 2.43. The first-order chi connectivity index (χ1) is 29.3. The zero-order chi connectivity index (χ0) is 45.3. The Balaban J connectivity index is 5.43. The standard InChI is InChI=1S/C53H98O7Si/c1-9-12-15-18-21-24-27-30-33-36-39-42-49(54)57-45-53(48-60-61(7,8)52(4,5)6,46-58-50(55)43-40-37-34-31-28-25-22-19-16-13-10-2)47-59-51(56)44-41-38-35-32-29-26-23-20-17-14-11-3/h18-23H,9-17,24-48H2,1-8H3/b21-18-,22-19-,23-20-. The Bertz CT molecular complexity index is 1030. The Morgan fingerprint density at radius 3 is 0.934 bits per heavy atom. The van der Waals surface area contributed by atoms with Crippen LogP contribution in [0.5, 0.6) is 0 Å². The van der Waals surface area contributed by atoms with Gasteiger partial charge in [-0.05, 0) is 95.2 Å². The molecule has 61 heavy (non-hydrogen) atoms. The molecule has 0 aliphatic heterocycles. The summed E-state index contributed by atoms with van der Waals surface area (Å²) in [5.41, 5.74) is -1.00. The summed E-state index contributed by atoms with van der Waals surface area (Å²) in [5, 5.41) is -0.0647. The molecule has 0 amide bonds. The molecule has 0 bridgehead atoms. The molecule has 0 saturated carbocycles. The number of allylic oxidation sites excluding steroid dienone is 6. The molecule has 0 aromatic carbocycles. The summed E-state index contributed by atoms with van der Waals surface area (Å²) in [5.74, 6) is -0.830. The average molecular weight is 875 g/mol. The first-order valence-electron chi connectivity index (χ1n) is 25.4. The van der Waals surface area contributed by atoms with Crippen LogP contribution >= 0.6 is 0 Å². The molecule has 0 atom stereocenters. The van der Waals surface area contributed by atoms with Crippen molar-refractivity contribution in [2.24, 2.45) is 5.41 Å². The number of rotatable bonds is 42. The highest BCUT2D eigenvalue weighted by Crippen LogP contribution is 2.38. The molecule has 356 valence electrons. The van der Waals surface area contributed by atoms with Gasteiger partial charge < -0.3 is 18.6 Å². The van der Waals surface area contributed by atoms with Crippen molar-refractivity contribution in [3.8, 4) is 0 Å². The summed E-state index contributed by atoms with van der Waals surface area (Å²) < 4.78 is 24.6. The van der Waals surface area contributed by atoms with Crippen LogP contribution in [0.1, 0.15) is 234 Å². The van der Waals surface area contributed by atoms with Gasteiger partial charge in [-0.2, -0.15) is 0 Å². The van der Waals surface area contributed by atoms with Gasteiger partial charge in [-0.1, -0.05) is 174 Å². The van der Waals surface area contributed by atoms with Gasteiger partial charge in [0, 0.05) is 25.9 Å². The molecular formula is C53H98O7Si. The van der Waals surface area contributed by atoms with Crippen LogP contribution in [0, 0.1) is 5.41 Å². The van der Waals surface area contributed by atoms with Gasteiger partial charge in [-0.15, -0.1) is 0 Å². The number of carbonyl (C=O) groups excluding carboxylic acids is 3. The fraction of sp³-hybridized carbons (Fsp3) is 0.830. The first kappa shape index (κ1) is 58.8. The molecule has 7 nitrogen and oxygen atoms in total. The third kappa shape index (κ3) is 35.9. The van der Waals surface area contributed by atoms with Crippen LogP contribution in [0.3, 0.4) is 0 Å². The number of ether oxygens (including phenoxy) is 3. The lowest BCUT2D eigenvalue weighted by Gasteiger charge is -2.40. The van der Waals surface area contributed by atoms with Gasteiger partial charge in [-0.25, -0.2) is 0 Å². The average Bonchev–Trinajstić information content (AvgIpc) is 3.23. The molecule has 0 aromatic heterocycles. The van der Waals surface area contributed by atoms with Crippen molar-refractivity contribution in [3.63, 3.8) is 0 Å². The Labute approximate surface area is 378 Å². The second kappa shape index (κ2) is 39.4. The van der Waals surface area contributed by atoms with E-state index in [1.807, 2.05) is 0 Å². The van der Waals surface area contributed by atoms with E-state index in [0.29, 0.717) is 19.3 Å². The van der Waals surface area contributed by atoms with E-state index in [-0.39, 0.29) is 49.4 Å². The van der Waals surface area contributed by atoms with E-state index in [4.69, 9.17) is 18.6 Å². The molecule has 0 aliphatic rings. The van der Waals surface area contributed by atoms with Crippen molar-refractivity contribution in [1.82, 2.24) is 0 Å². The lowest BCUT2D eigenvalue weighted by atomic mass is 9.92. The third-order valence-electron chi connectivity index (χ3n) is 12.1. The van der Waals surface area contributed by atoms with Gasteiger partial charge in [-0.3, -0.25) is 14.4 Å². The molecule has 0 unspecified atom stereocenters. The number of unbranched alkanes of at least 4 members (excludes halogenated alkanes) is 21. The molecule has 0 saturated heterocycles. The normalized spacial score (nSPS) is 12.6. The minimum absolute atomic E-state index is 0.0365. The van der Waals surface area contributed by atoms with E-state index in [1.54, 1.807) is 0 Å². The van der Waals surface area contributed by atoms with E-state index in [2.05, 4.69) is 91.1 Å². The molecule has 8 heteroatoms. The van der Waals surface area contributed by atoms with E-state index in [1.165, 1.54) is 77.0 Å². The zero-order valence-corrected chi connectivity index (χ0v) is 42.4. The monoisotopic (exact) mass is 875 g/mol. The minimum Gasteiger partial charge on any atom is -0.465 e. The fourth-order valence-corrected chi connectivity index (χ4v) is 7.68. The second-order valence-electron chi connectivity index (χ2n) is 19.3. The Morgan fingerprint density at radius 1 is 0.393 bits per heavy atom. The van der Waals surface area contributed by atoms with E-state index < -0.39 is 13.7 Å². The van der Waals surface area contributed by atoms with Crippen LogP contribution < -0.4 is 0 Å². The largest absolute Gasteiger partial charge is 0.465 e. The van der Waals surface area contributed by atoms with Crippen LogP contribution in [-0.4, -0.2) is 52.7 Å². The SMILES string of the molecule is CCCC/C=C\CCCCCCCC(=O)OCC(COC(=O)CCCCCCC/C=C\CCCC)(COC(=O)CCCCCCC/C=C\CCCC)CO[Si](C)(C)C(C)(C)C. The predicted molar refractivity (Wildman–Crippen MR) is 261 cm³/mol. The van der Waals surface area contributed by atoms with Crippen molar-refractivity contribution in [1.29, 1.82) is 0 Å². The molecule has 0 N–H and O–H groups in total. The molecule has 0 heterocycles. The summed E-state index contributed by atoms with van der Waals surface area (Å²) >= 11 is 0. The summed E-state index contributed by atoms with van der Waals surface area (Å²) in [6.45, 7) is 17.6. The zero-order valence-electron chi connectivity index (χ0n) is 41.4. The predicted octanol–water partition coefficient (Wildman–Crippen LogP) is 16.1. The molecule has 0 aromatic rings. The number of carbonyl (C=O) groups is 3. The lowest BCUT2D eigenvalue weighted by molar-refractivity contribution is -0.165. The van der Waals surface area contributed by atoms with Gasteiger partial charge in [0.1, 0.15) is 19.8 Å². The molecule has 0 aliphatic carbocycles. The van der Waals surface area contributed by atoms with Crippen molar-refractivity contribution >= 4 is 26.2 Å². The fourth-order valence-electron chi connectivity index (χ4n) is 6.58. The lowest BCUT2D eigenvalue weighted by Crippen LogP contribution is -2.49. The number of hydrogen-bond acceptors (Lipinski definition) is 7. The third-order valence-corrected chi connectivity index (χ3v) is 16.6. The maximum absolute atomic E-state index is 13.2. The summed E-state index contributed by atoms with van der Waals surface area (Å²) in [6, 6.07) is 0. The van der Waals surface area contributed by atoms with Gasteiger partial charge in [0.15, 0.2) is 8.32 Å². The van der Waals surface area contributed by atoms with Crippen molar-refractivity contribution < 1.29 is 33.0 Å². The van der Waals surface area contributed by atoms with Crippen molar-refractivity contribution in [2.75, 3.05) is 26.4 Å². The maximum atomic E-state index is 13.2. The highest BCUT2D eigenvalue weighted by molar-refractivity contribution is 6.74. The van der Waals surface area contributed by atoms with E-state index in [0.717, 1.165) is 96.3 Å². The summed E-state index contributed by atoms with van der Waals surface area (Å²) in [7, 11) is -2.26. The van der Waals surface area contributed by atoms with Gasteiger partial charge in [0.25, 0.3) is 0 Å². The number of esters is 3. The maximum Gasteiger partial charge on any atom is 0.305 e. The molecule has 0 spiro atoms. The first-order valence-corrected chi connectivity index (χ1v) is 28.3. The highest BCUT2D eigenvalue weighted by atomic mass is 28.4. The van der Waals surface area contributed by atoms with Crippen LogP contribution in [0.4, 0.5) is 0 Å². The van der Waals surface area contributed by atoms with Crippen LogP contribution in [0.25, 0.3) is 0 Å². The van der Waals surface area contributed by atoms with Gasteiger partial charge in [0.2, 0.25) is 0 Å². The Morgan fingerprint density at radius 2 is 0.656 bits per heavy atom. The van der Waals surface area contributed by atoms with E-state index >= 15 is 0 Å². The smallest absolute Gasteiger partial charge is 0.305 e. The topological polar surface area (TPSA) is 88.1 Å². The Hall–Kier alpha value is -2.19. The summed E-state index contributed by atoms with van der Waals surface area (Å²) in [4.78, 5) is 39.5. The van der Waals surface area contributed by atoms with Gasteiger partial charge >= 0.3 is 17.9 Å². The van der Waals surface area contributed by atoms with Crippen LogP contribution in [0.15, 0.2) is 36.5 Å². The molecular weight excluding hydrogens is 777 g/mol. The molecule has 0 rings (SSSR count). The van der Waals surface area contributed by atoms with Crippen molar-refractivity contribution in [2.45, 2.75) is 252 Å². The van der Waals surface area contributed by atoms with Crippen molar-refractivity contribution in [3.05, 3.63) is 36.5 Å². The minimum atomic E-state index is -2.26. The van der Waals surface area contributed by atoms with E-state index in [9.17, 15) is 14.4 Å². The van der Waals surface area contributed by atoms with Crippen LogP contribution in [-0.2, 0) is 33.0 Å². The second-order valence-corrected chi connectivity index (χ2v) is 24.1. The van der Waals surface area contributed by atoms with Crippen LogP contribution in [0.2, 0.25) is 18.1 Å². The quantitative estimate of drug-likeness (QED) is 0.0198. The number of hydrogen-bond donors (Lipinski definition) is 0. The molecule has 0 fully saturated rings. The Kier molecular flexibility index (Phi) is 38.0.